The standard InChI is InChI=1S/C18H16ClN3O2S3/c1-11-16(27-18(20-11)12-5-3-2-4-6-12)17(24)22-21-15(23)10-25-9-13-7-8-14(19)26-13/h2-8H,9-10H2,1H3,(H,21,23)(H,22,24). The average Bonchev–Trinajstić information content (AvgIpc) is 3.26. The third kappa shape index (κ3) is 5.55. The highest BCUT2D eigenvalue weighted by Crippen LogP contribution is 2.27. The maximum atomic E-state index is 12.3. The van der Waals surface area contributed by atoms with Gasteiger partial charge in [0.2, 0.25) is 5.91 Å². The molecule has 0 radical (unpaired) electrons. The lowest BCUT2D eigenvalue weighted by Crippen LogP contribution is -2.42. The molecule has 0 spiro atoms. The van der Waals surface area contributed by atoms with Crippen molar-refractivity contribution in [1.82, 2.24) is 15.8 Å². The number of nitrogens with one attached hydrogen (secondary N) is 2. The van der Waals surface area contributed by atoms with Crippen molar-refractivity contribution in [3.8, 4) is 10.6 Å². The molecule has 3 rings (SSSR count). The number of hydrogen-bond acceptors (Lipinski definition) is 6. The van der Waals surface area contributed by atoms with Gasteiger partial charge in [0.1, 0.15) is 9.88 Å². The number of thiazole rings is 1. The van der Waals surface area contributed by atoms with Crippen molar-refractivity contribution in [2.75, 3.05) is 5.75 Å². The molecule has 0 saturated carbocycles. The molecule has 140 valence electrons. The van der Waals surface area contributed by atoms with Crippen LogP contribution in [-0.4, -0.2) is 22.6 Å². The second kappa shape index (κ2) is 9.36. The molecule has 0 fully saturated rings. The van der Waals surface area contributed by atoms with Gasteiger partial charge in [0.05, 0.1) is 15.8 Å². The van der Waals surface area contributed by atoms with Crippen molar-refractivity contribution in [1.29, 1.82) is 0 Å². The number of thioether (sulfide) groups is 1. The fourth-order valence-corrected chi connectivity index (χ4v) is 5.20. The molecule has 2 heterocycles. The molecule has 2 N–H and O–H groups in total. The Morgan fingerprint density at radius 2 is 1.89 bits per heavy atom. The lowest BCUT2D eigenvalue weighted by atomic mass is 10.2. The third-order valence-corrected chi connectivity index (χ3v) is 7.05. The summed E-state index contributed by atoms with van der Waals surface area (Å²) in [5.74, 6) is 0.317. The molecule has 0 unspecified atom stereocenters. The van der Waals surface area contributed by atoms with E-state index in [1.54, 1.807) is 6.92 Å². The van der Waals surface area contributed by atoms with Gasteiger partial charge in [0.15, 0.2) is 0 Å². The summed E-state index contributed by atoms with van der Waals surface area (Å²) in [5.41, 5.74) is 6.49. The predicted molar refractivity (Wildman–Crippen MR) is 113 cm³/mol. The molecule has 2 aromatic heterocycles. The topological polar surface area (TPSA) is 71.1 Å². The Morgan fingerprint density at radius 3 is 2.59 bits per heavy atom. The second-order valence-corrected chi connectivity index (χ2v) is 9.28. The first-order valence-corrected chi connectivity index (χ1v) is 11.1. The lowest BCUT2D eigenvalue weighted by Gasteiger charge is -2.06. The molecule has 27 heavy (non-hydrogen) atoms. The van der Waals surface area contributed by atoms with E-state index in [0.29, 0.717) is 16.3 Å². The normalized spacial score (nSPS) is 10.6. The molecule has 5 nitrogen and oxygen atoms in total. The smallest absolute Gasteiger partial charge is 0.272 e. The van der Waals surface area contributed by atoms with Gasteiger partial charge in [-0.25, -0.2) is 4.98 Å². The van der Waals surface area contributed by atoms with Crippen LogP contribution in [0.3, 0.4) is 0 Å². The van der Waals surface area contributed by atoms with E-state index in [2.05, 4.69) is 15.8 Å². The van der Waals surface area contributed by atoms with Crippen molar-refractivity contribution in [2.24, 2.45) is 0 Å². The Morgan fingerprint density at radius 1 is 1.11 bits per heavy atom. The zero-order valence-corrected chi connectivity index (χ0v) is 17.5. The SMILES string of the molecule is Cc1nc(-c2ccccc2)sc1C(=O)NNC(=O)CSCc1ccc(Cl)s1. The number of halogens is 1. The largest absolute Gasteiger partial charge is 0.281 e. The third-order valence-electron chi connectivity index (χ3n) is 3.45. The second-order valence-electron chi connectivity index (χ2n) is 5.50. The molecule has 1 aromatic carbocycles. The number of thiophene rings is 1. The molecule has 0 aliphatic heterocycles. The maximum Gasteiger partial charge on any atom is 0.281 e. The summed E-state index contributed by atoms with van der Waals surface area (Å²) in [7, 11) is 0. The highest BCUT2D eigenvalue weighted by Gasteiger charge is 2.16. The van der Waals surface area contributed by atoms with Crippen LogP contribution >= 0.6 is 46.0 Å². The molecule has 0 atom stereocenters. The minimum Gasteiger partial charge on any atom is -0.272 e. The maximum absolute atomic E-state index is 12.3. The van der Waals surface area contributed by atoms with Gasteiger partial charge < -0.3 is 0 Å². The first kappa shape index (κ1) is 19.9. The highest BCUT2D eigenvalue weighted by atomic mass is 35.5. The summed E-state index contributed by atoms with van der Waals surface area (Å²) >= 11 is 10.1. The molecule has 0 saturated heterocycles. The number of benzene rings is 1. The lowest BCUT2D eigenvalue weighted by molar-refractivity contribution is -0.119. The number of rotatable bonds is 6. The van der Waals surface area contributed by atoms with Crippen LogP contribution in [0.1, 0.15) is 20.2 Å². The Kier molecular flexibility index (Phi) is 6.89. The summed E-state index contributed by atoms with van der Waals surface area (Å²) in [6, 6.07) is 13.4. The zero-order chi connectivity index (χ0) is 19.2. The van der Waals surface area contributed by atoms with E-state index in [0.717, 1.165) is 19.8 Å². The number of carbonyl (C=O) groups excluding carboxylic acids is 2. The van der Waals surface area contributed by atoms with Crippen molar-refractivity contribution in [3.63, 3.8) is 0 Å². The number of aromatic nitrogens is 1. The number of nitrogens with zero attached hydrogens (tertiary/aromatic N) is 1. The van der Waals surface area contributed by atoms with Crippen LogP contribution in [0, 0.1) is 6.92 Å². The monoisotopic (exact) mass is 437 g/mol. The van der Waals surface area contributed by atoms with E-state index in [-0.39, 0.29) is 17.6 Å². The summed E-state index contributed by atoms with van der Waals surface area (Å²) in [6.45, 7) is 1.78. The first-order chi connectivity index (χ1) is 13.0. The van der Waals surface area contributed by atoms with E-state index < -0.39 is 0 Å². The van der Waals surface area contributed by atoms with E-state index in [4.69, 9.17) is 11.6 Å². The fourth-order valence-electron chi connectivity index (χ4n) is 2.20. The molecule has 0 aliphatic rings. The van der Waals surface area contributed by atoms with E-state index in [9.17, 15) is 9.59 Å². The van der Waals surface area contributed by atoms with Crippen LogP contribution in [-0.2, 0) is 10.5 Å². The first-order valence-electron chi connectivity index (χ1n) is 7.97. The average molecular weight is 438 g/mol. The summed E-state index contributed by atoms with van der Waals surface area (Å²) in [6.07, 6.45) is 0. The number of aryl methyl sites for hydroxylation is 1. The molecule has 9 heteroatoms. The van der Waals surface area contributed by atoms with Crippen LogP contribution < -0.4 is 10.9 Å². The Hall–Kier alpha value is -1.87. The minimum absolute atomic E-state index is 0.243. The van der Waals surface area contributed by atoms with Crippen LogP contribution in [0.2, 0.25) is 4.34 Å². The summed E-state index contributed by atoms with van der Waals surface area (Å²) in [5, 5.41) is 0.773. The van der Waals surface area contributed by atoms with Crippen LogP contribution in [0.15, 0.2) is 42.5 Å². The highest BCUT2D eigenvalue weighted by molar-refractivity contribution is 7.99. The predicted octanol–water partition coefficient (Wildman–Crippen LogP) is 4.53. The van der Waals surface area contributed by atoms with Crippen molar-refractivity contribution < 1.29 is 9.59 Å². The van der Waals surface area contributed by atoms with E-state index in [1.165, 1.54) is 34.4 Å². The Balaban J connectivity index is 1.49. The van der Waals surface area contributed by atoms with Crippen molar-refractivity contribution in [3.05, 3.63) is 62.2 Å². The number of hydrogen-bond donors (Lipinski definition) is 2. The van der Waals surface area contributed by atoms with E-state index in [1.807, 2.05) is 42.5 Å². The minimum atomic E-state index is -0.365. The summed E-state index contributed by atoms with van der Waals surface area (Å²) in [4.78, 5) is 30.3. The fraction of sp³-hybridized carbons (Fsp3) is 0.167. The van der Waals surface area contributed by atoms with Gasteiger partial charge in [-0.05, 0) is 19.1 Å². The molecule has 0 aliphatic carbocycles. The number of carbonyl (C=O) groups is 2. The van der Waals surface area contributed by atoms with Crippen LogP contribution in [0.4, 0.5) is 0 Å². The van der Waals surface area contributed by atoms with Crippen LogP contribution in [0.5, 0.6) is 0 Å². The van der Waals surface area contributed by atoms with Crippen LogP contribution in [0.25, 0.3) is 10.6 Å². The quantitative estimate of drug-likeness (QED) is 0.556. The Bertz CT molecular complexity index is 940. The van der Waals surface area contributed by atoms with Crippen molar-refractivity contribution >= 4 is 57.9 Å². The Labute approximate surface area is 174 Å². The van der Waals surface area contributed by atoms with Gasteiger partial charge in [-0.15, -0.1) is 34.4 Å². The zero-order valence-electron chi connectivity index (χ0n) is 14.3. The molecular weight excluding hydrogens is 422 g/mol. The van der Waals surface area contributed by atoms with Gasteiger partial charge in [0, 0.05) is 16.2 Å². The van der Waals surface area contributed by atoms with Gasteiger partial charge >= 0.3 is 0 Å². The van der Waals surface area contributed by atoms with Crippen molar-refractivity contribution in [2.45, 2.75) is 12.7 Å². The molecule has 3 aromatic rings. The van der Waals surface area contributed by atoms with Gasteiger partial charge in [-0.1, -0.05) is 41.9 Å². The molecule has 2 amide bonds. The number of amides is 2. The molecular formula is C18H16ClN3O2S3. The van der Waals surface area contributed by atoms with Gasteiger partial charge in [-0.2, -0.15) is 0 Å². The van der Waals surface area contributed by atoms with E-state index >= 15 is 0 Å². The number of hydrazine groups is 1. The van der Waals surface area contributed by atoms with Gasteiger partial charge in [0.25, 0.3) is 5.91 Å². The molecule has 0 bridgehead atoms. The summed E-state index contributed by atoms with van der Waals surface area (Å²) < 4.78 is 0.733. The van der Waals surface area contributed by atoms with Gasteiger partial charge in [-0.3, -0.25) is 20.4 Å².